The first-order valence-corrected chi connectivity index (χ1v) is 6.03. The van der Waals surface area contributed by atoms with Crippen LogP contribution in [0.5, 0.6) is 0 Å². The van der Waals surface area contributed by atoms with Crippen LogP contribution in [0.1, 0.15) is 5.56 Å². The molecule has 0 unspecified atom stereocenters. The summed E-state index contributed by atoms with van der Waals surface area (Å²) in [7, 11) is 0. The van der Waals surface area contributed by atoms with Crippen LogP contribution in [0.4, 0.5) is 0 Å². The van der Waals surface area contributed by atoms with Gasteiger partial charge < -0.3 is 9.79 Å². The molecule has 2 N–H and O–H groups in total. The molecule has 1 aromatic carbocycles. The van der Waals surface area contributed by atoms with Crippen molar-refractivity contribution in [3.63, 3.8) is 0 Å². The van der Waals surface area contributed by atoms with Crippen LogP contribution in [0.25, 0.3) is 5.31 Å². The lowest BCUT2D eigenvalue weighted by Gasteiger charge is -2.10. The van der Waals surface area contributed by atoms with Gasteiger partial charge in [-0.15, -0.1) is 0 Å². The third kappa shape index (κ3) is 2.26. The number of rotatable bonds is 2. The van der Waals surface area contributed by atoms with E-state index in [0.717, 1.165) is 0 Å². The Labute approximate surface area is 76.4 Å². The number of benzene rings is 1. The highest BCUT2D eigenvalue weighted by Gasteiger charge is 2.13. The third-order valence-corrected chi connectivity index (χ3v) is 3.08. The second-order valence-electron chi connectivity index (χ2n) is 2.36. The minimum atomic E-state index is -3.34. The van der Waals surface area contributed by atoms with E-state index in [9.17, 15) is 0 Å². The fourth-order valence-corrected chi connectivity index (χ4v) is 1.60. The summed E-state index contributed by atoms with van der Waals surface area (Å²) in [6.07, 6.45) is 0. The molecular formula is C8H9O2PS. The Morgan fingerprint density at radius 3 is 2.17 bits per heavy atom. The predicted molar refractivity (Wildman–Crippen MR) is 54.2 cm³/mol. The van der Waals surface area contributed by atoms with Crippen LogP contribution in [-0.4, -0.2) is 9.79 Å². The Kier molecular flexibility index (Phi) is 2.80. The van der Waals surface area contributed by atoms with Crippen LogP contribution in [0, 0.1) is 0 Å². The maximum Gasteiger partial charge on any atom is 0.214 e. The Balaban J connectivity index is 3.03. The maximum absolute atomic E-state index is 9.12. The fraction of sp³-hybridized carbons (Fsp3) is 0. The first-order chi connectivity index (χ1) is 5.52. The van der Waals surface area contributed by atoms with Crippen LogP contribution in [0.3, 0.4) is 0 Å². The van der Waals surface area contributed by atoms with Gasteiger partial charge in [-0.2, -0.15) is 0 Å². The fourth-order valence-electron chi connectivity index (χ4n) is 0.799. The van der Waals surface area contributed by atoms with Crippen LogP contribution in [0.15, 0.2) is 36.9 Å². The number of hydrogen-bond acceptors (Lipinski definition) is 1. The van der Waals surface area contributed by atoms with Crippen molar-refractivity contribution < 1.29 is 9.79 Å². The molecule has 0 aliphatic rings. The van der Waals surface area contributed by atoms with E-state index >= 15 is 0 Å². The second kappa shape index (κ2) is 3.50. The molecule has 0 aromatic heterocycles. The minimum absolute atomic E-state index is 0.234. The van der Waals surface area contributed by atoms with Gasteiger partial charge in [0.25, 0.3) is 0 Å². The lowest BCUT2D eigenvalue weighted by atomic mass is 10.2. The molecule has 0 spiro atoms. The quantitative estimate of drug-likeness (QED) is 0.717. The molecule has 4 heteroatoms. The van der Waals surface area contributed by atoms with Gasteiger partial charge >= 0.3 is 0 Å². The molecule has 0 aliphatic carbocycles. The van der Waals surface area contributed by atoms with Gasteiger partial charge in [0, 0.05) is 5.31 Å². The van der Waals surface area contributed by atoms with Gasteiger partial charge in [-0.05, 0) is 17.4 Å². The van der Waals surface area contributed by atoms with Gasteiger partial charge in [0.2, 0.25) is 6.49 Å². The SMILES string of the molecule is C=C(c1ccccc1)P(O)(O)=S. The molecule has 0 atom stereocenters. The second-order valence-corrected chi connectivity index (χ2v) is 5.51. The zero-order chi connectivity index (χ0) is 9.19. The van der Waals surface area contributed by atoms with Crippen molar-refractivity contribution in [2.24, 2.45) is 0 Å². The standard InChI is InChI=1S/C8H9O2PS/c1-7(11(9,10)12)8-5-3-2-4-6-8/h2-6H,1H2,(H2,9,10,12). The van der Waals surface area contributed by atoms with Crippen molar-refractivity contribution in [1.29, 1.82) is 0 Å². The van der Waals surface area contributed by atoms with Gasteiger partial charge in [0.15, 0.2) is 0 Å². The Hall–Kier alpha value is -0.470. The lowest BCUT2D eigenvalue weighted by molar-refractivity contribution is 0.494. The van der Waals surface area contributed by atoms with Crippen molar-refractivity contribution >= 4 is 23.6 Å². The van der Waals surface area contributed by atoms with E-state index in [1.54, 1.807) is 24.3 Å². The van der Waals surface area contributed by atoms with Crippen molar-refractivity contribution in [1.82, 2.24) is 0 Å². The average molecular weight is 200 g/mol. The summed E-state index contributed by atoms with van der Waals surface area (Å²) in [6.45, 7) is 0.202. The summed E-state index contributed by atoms with van der Waals surface area (Å²) in [4.78, 5) is 18.2. The molecule has 1 rings (SSSR count). The maximum atomic E-state index is 9.12. The van der Waals surface area contributed by atoms with Gasteiger partial charge in [-0.3, -0.25) is 0 Å². The molecule has 0 radical (unpaired) electrons. The van der Waals surface area contributed by atoms with E-state index in [0.29, 0.717) is 5.56 Å². The van der Waals surface area contributed by atoms with Gasteiger partial charge in [0.05, 0.1) is 0 Å². The Bertz CT molecular complexity index is 328. The Morgan fingerprint density at radius 1 is 1.25 bits per heavy atom. The normalized spacial score (nSPS) is 11.2. The first-order valence-electron chi connectivity index (χ1n) is 3.32. The monoisotopic (exact) mass is 200 g/mol. The molecule has 0 amide bonds. The Morgan fingerprint density at radius 2 is 1.75 bits per heavy atom. The summed E-state index contributed by atoms with van der Waals surface area (Å²) in [6, 6.07) is 8.93. The lowest BCUT2D eigenvalue weighted by Crippen LogP contribution is -1.83. The highest BCUT2D eigenvalue weighted by atomic mass is 32.5. The smallest absolute Gasteiger partial charge is 0.214 e. The van der Waals surface area contributed by atoms with Crippen LogP contribution in [-0.2, 0) is 11.8 Å². The molecule has 0 bridgehead atoms. The zero-order valence-electron chi connectivity index (χ0n) is 6.34. The van der Waals surface area contributed by atoms with E-state index in [1.807, 2.05) is 6.07 Å². The summed E-state index contributed by atoms with van der Waals surface area (Å²) in [5, 5.41) is 0.234. The van der Waals surface area contributed by atoms with Crippen molar-refractivity contribution in [2.45, 2.75) is 0 Å². The zero-order valence-corrected chi connectivity index (χ0v) is 8.05. The highest BCUT2D eigenvalue weighted by Crippen LogP contribution is 2.49. The molecular weight excluding hydrogens is 191 g/mol. The molecule has 2 nitrogen and oxygen atoms in total. The van der Waals surface area contributed by atoms with Crippen LogP contribution >= 0.6 is 6.49 Å². The van der Waals surface area contributed by atoms with E-state index in [4.69, 9.17) is 9.79 Å². The summed E-state index contributed by atoms with van der Waals surface area (Å²) >= 11 is 4.51. The number of hydrogen-bond donors (Lipinski definition) is 2. The van der Waals surface area contributed by atoms with Gasteiger partial charge in [0.1, 0.15) is 0 Å². The van der Waals surface area contributed by atoms with Crippen molar-refractivity contribution in [3.8, 4) is 0 Å². The van der Waals surface area contributed by atoms with Crippen LogP contribution < -0.4 is 0 Å². The molecule has 1 aromatic rings. The van der Waals surface area contributed by atoms with Crippen molar-refractivity contribution in [2.75, 3.05) is 0 Å². The minimum Gasteiger partial charge on any atom is -0.342 e. The first kappa shape index (κ1) is 9.62. The molecule has 64 valence electrons. The topological polar surface area (TPSA) is 40.5 Å². The van der Waals surface area contributed by atoms with E-state index in [-0.39, 0.29) is 5.31 Å². The largest absolute Gasteiger partial charge is 0.342 e. The van der Waals surface area contributed by atoms with Crippen LogP contribution in [0.2, 0.25) is 0 Å². The molecule has 0 saturated carbocycles. The van der Waals surface area contributed by atoms with E-state index < -0.39 is 6.49 Å². The summed E-state index contributed by atoms with van der Waals surface area (Å²) in [5.74, 6) is 0. The molecule has 0 fully saturated rings. The molecule has 0 heterocycles. The molecule has 0 saturated heterocycles. The van der Waals surface area contributed by atoms with Crippen molar-refractivity contribution in [3.05, 3.63) is 42.5 Å². The highest BCUT2D eigenvalue weighted by molar-refractivity contribution is 8.13. The summed E-state index contributed by atoms with van der Waals surface area (Å²) in [5.41, 5.74) is 0.686. The third-order valence-electron chi connectivity index (χ3n) is 1.46. The molecule has 0 aliphatic heterocycles. The van der Waals surface area contributed by atoms with Gasteiger partial charge in [-0.25, -0.2) is 0 Å². The van der Waals surface area contributed by atoms with Gasteiger partial charge in [-0.1, -0.05) is 36.9 Å². The van der Waals surface area contributed by atoms with E-state index in [2.05, 4.69) is 18.4 Å². The predicted octanol–water partition coefficient (Wildman–Crippen LogP) is 1.95. The molecule has 12 heavy (non-hydrogen) atoms. The summed E-state index contributed by atoms with van der Waals surface area (Å²) < 4.78 is 0. The van der Waals surface area contributed by atoms with E-state index in [1.165, 1.54) is 0 Å². The average Bonchev–Trinajstić information content (AvgIpc) is 2.03.